The van der Waals surface area contributed by atoms with Crippen LogP contribution in [-0.2, 0) is 0 Å². The number of hydrogen-bond donors (Lipinski definition) is 1. The van der Waals surface area contributed by atoms with E-state index in [1.54, 1.807) is 12.3 Å². The maximum absolute atomic E-state index is 13.0. The molecule has 0 aliphatic carbocycles. The Morgan fingerprint density at radius 2 is 2.17 bits per heavy atom. The molecule has 0 saturated carbocycles. The third-order valence-electron chi connectivity index (χ3n) is 1.45. The zero-order chi connectivity index (χ0) is 9.14. The summed E-state index contributed by atoms with van der Waals surface area (Å²) in [5, 5.41) is 9.07. The molecule has 12 heavy (non-hydrogen) atoms. The second-order valence-corrected chi connectivity index (χ2v) is 3.01. The minimum absolute atomic E-state index is 0.376. The Kier molecular flexibility index (Phi) is 2.81. The van der Waals surface area contributed by atoms with Gasteiger partial charge in [-0.1, -0.05) is 0 Å². The van der Waals surface area contributed by atoms with Crippen molar-refractivity contribution in [2.24, 2.45) is 0 Å². The van der Waals surface area contributed by atoms with E-state index in [0.29, 0.717) is 10.6 Å². The average Bonchev–Trinajstić information content (AvgIpc) is 2.09. The van der Waals surface area contributed by atoms with Crippen molar-refractivity contribution in [3.8, 4) is 11.5 Å². The third-order valence-corrected chi connectivity index (χ3v) is 2.19. The normalized spacial score (nSPS) is 9.92. The maximum Gasteiger partial charge on any atom is 0.178 e. The first-order chi connectivity index (χ1) is 5.69. The predicted molar refractivity (Wildman–Crippen MR) is 46.4 cm³/mol. The number of phenolic OH excluding ortho intramolecular Hbond substituents is 1. The SMILES string of the molecule is COc1cc(O)c(F)c(SC)c1. The Morgan fingerprint density at radius 1 is 1.50 bits per heavy atom. The average molecular weight is 188 g/mol. The minimum Gasteiger partial charge on any atom is -0.505 e. The van der Waals surface area contributed by atoms with Crippen LogP contribution in [0.5, 0.6) is 11.5 Å². The fourth-order valence-electron chi connectivity index (χ4n) is 0.825. The minimum atomic E-state index is -0.594. The Morgan fingerprint density at radius 3 is 2.67 bits per heavy atom. The summed E-state index contributed by atoms with van der Waals surface area (Å²) in [5.74, 6) is -0.514. The summed E-state index contributed by atoms with van der Waals surface area (Å²) in [6.07, 6.45) is 1.73. The number of rotatable bonds is 2. The fraction of sp³-hybridized carbons (Fsp3) is 0.250. The van der Waals surface area contributed by atoms with Gasteiger partial charge in [0.05, 0.1) is 12.0 Å². The lowest BCUT2D eigenvalue weighted by Crippen LogP contribution is -1.87. The highest BCUT2D eigenvalue weighted by Gasteiger charge is 2.08. The third kappa shape index (κ3) is 1.64. The summed E-state index contributed by atoms with van der Waals surface area (Å²) in [6, 6.07) is 2.79. The lowest BCUT2D eigenvalue weighted by Gasteiger charge is -2.05. The van der Waals surface area contributed by atoms with Gasteiger partial charge in [-0.3, -0.25) is 0 Å². The van der Waals surface area contributed by atoms with E-state index in [9.17, 15) is 4.39 Å². The summed E-state index contributed by atoms with van der Waals surface area (Å²) in [4.78, 5) is 0.381. The molecule has 0 aromatic heterocycles. The standard InChI is InChI=1S/C8H9FO2S/c1-11-5-3-6(10)8(9)7(4-5)12-2/h3-4,10H,1-2H3. The molecule has 0 spiro atoms. The predicted octanol–water partition coefficient (Wildman–Crippen LogP) is 2.26. The van der Waals surface area contributed by atoms with Crippen LogP contribution in [0.4, 0.5) is 4.39 Å². The van der Waals surface area contributed by atoms with Gasteiger partial charge in [0.15, 0.2) is 11.6 Å². The molecule has 0 heterocycles. The van der Waals surface area contributed by atoms with Gasteiger partial charge in [-0.2, -0.15) is 0 Å². The van der Waals surface area contributed by atoms with Gasteiger partial charge in [-0.15, -0.1) is 11.8 Å². The fourth-order valence-corrected chi connectivity index (χ4v) is 1.34. The molecule has 0 radical (unpaired) electrons. The number of benzene rings is 1. The van der Waals surface area contributed by atoms with Gasteiger partial charge in [-0.25, -0.2) is 4.39 Å². The van der Waals surface area contributed by atoms with Crippen LogP contribution in [0.15, 0.2) is 17.0 Å². The summed E-state index contributed by atoms with van der Waals surface area (Å²) >= 11 is 1.22. The zero-order valence-corrected chi connectivity index (χ0v) is 7.61. The molecule has 0 aliphatic heterocycles. The number of ether oxygens (including phenoxy) is 1. The Labute approximate surface area is 74.4 Å². The highest BCUT2D eigenvalue weighted by atomic mass is 32.2. The molecule has 0 unspecified atom stereocenters. The van der Waals surface area contributed by atoms with Crippen LogP contribution in [0.1, 0.15) is 0 Å². The molecule has 1 rings (SSSR count). The molecule has 1 N–H and O–H groups in total. The molecule has 0 bridgehead atoms. The number of halogens is 1. The van der Waals surface area contributed by atoms with Gasteiger partial charge in [0, 0.05) is 6.07 Å². The van der Waals surface area contributed by atoms with Crippen molar-refractivity contribution in [3.05, 3.63) is 17.9 Å². The molecule has 66 valence electrons. The van der Waals surface area contributed by atoms with Crippen molar-refractivity contribution in [2.45, 2.75) is 4.90 Å². The Hall–Kier alpha value is -0.900. The van der Waals surface area contributed by atoms with Crippen LogP contribution >= 0.6 is 11.8 Å². The van der Waals surface area contributed by atoms with E-state index >= 15 is 0 Å². The van der Waals surface area contributed by atoms with Crippen LogP contribution in [0.2, 0.25) is 0 Å². The van der Waals surface area contributed by atoms with E-state index in [1.807, 2.05) is 0 Å². The molecule has 4 heteroatoms. The van der Waals surface area contributed by atoms with Gasteiger partial charge in [0.2, 0.25) is 0 Å². The first-order valence-corrected chi connectivity index (χ1v) is 4.52. The van der Waals surface area contributed by atoms with Crippen molar-refractivity contribution >= 4 is 11.8 Å². The molecule has 0 fully saturated rings. The van der Waals surface area contributed by atoms with Crippen molar-refractivity contribution in [3.63, 3.8) is 0 Å². The quantitative estimate of drug-likeness (QED) is 0.722. The highest BCUT2D eigenvalue weighted by molar-refractivity contribution is 7.98. The van der Waals surface area contributed by atoms with E-state index in [1.165, 1.54) is 24.9 Å². The molecule has 1 aromatic rings. The first kappa shape index (κ1) is 9.19. The smallest absolute Gasteiger partial charge is 0.178 e. The zero-order valence-electron chi connectivity index (χ0n) is 6.80. The van der Waals surface area contributed by atoms with Crippen LogP contribution in [0.3, 0.4) is 0 Å². The largest absolute Gasteiger partial charge is 0.505 e. The highest BCUT2D eigenvalue weighted by Crippen LogP contribution is 2.31. The summed E-state index contributed by atoms with van der Waals surface area (Å²) in [6.45, 7) is 0. The van der Waals surface area contributed by atoms with E-state index in [-0.39, 0.29) is 5.75 Å². The lowest BCUT2D eigenvalue weighted by atomic mass is 10.3. The van der Waals surface area contributed by atoms with Gasteiger partial charge in [-0.05, 0) is 12.3 Å². The number of aromatic hydroxyl groups is 1. The van der Waals surface area contributed by atoms with Crippen LogP contribution in [-0.4, -0.2) is 18.5 Å². The van der Waals surface area contributed by atoms with E-state index in [0.717, 1.165) is 0 Å². The Balaban J connectivity index is 3.19. The number of hydrogen-bond acceptors (Lipinski definition) is 3. The van der Waals surface area contributed by atoms with E-state index in [2.05, 4.69) is 0 Å². The summed E-state index contributed by atoms with van der Waals surface area (Å²) in [5.41, 5.74) is 0. The molecule has 2 nitrogen and oxygen atoms in total. The molecular formula is C8H9FO2S. The van der Waals surface area contributed by atoms with Crippen LogP contribution < -0.4 is 4.74 Å². The molecule has 1 aromatic carbocycles. The summed E-state index contributed by atoms with van der Waals surface area (Å²) in [7, 11) is 1.47. The van der Waals surface area contributed by atoms with E-state index in [4.69, 9.17) is 9.84 Å². The van der Waals surface area contributed by atoms with Crippen molar-refractivity contribution in [2.75, 3.05) is 13.4 Å². The van der Waals surface area contributed by atoms with Gasteiger partial charge in [0.25, 0.3) is 0 Å². The molecule has 0 amide bonds. The van der Waals surface area contributed by atoms with Gasteiger partial charge in [0.1, 0.15) is 5.75 Å². The topological polar surface area (TPSA) is 29.5 Å². The second kappa shape index (κ2) is 3.67. The van der Waals surface area contributed by atoms with Gasteiger partial charge >= 0.3 is 0 Å². The molecule has 0 aliphatic rings. The van der Waals surface area contributed by atoms with Gasteiger partial charge < -0.3 is 9.84 Å². The van der Waals surface area contributed by atoms with Crippen molar-refractivity contribution < 1.29 is 14.2 Å². The molecule has 0 saturated heterocycles. The van der Waals surface area contributed by atoms with Crippen molar-refractivity contribution in [1.82, 2.24) is 0 Å². The monoisotopic (exact) mass is 188 g/mol. The lowest BCUT2D eigenvalue weighted by molar-refractivity contribution is 0.391. The van der Waals surface area contributed by atoms with Crippen molar-refractivity contribution in [1.29, 1.82) is 0 Å². The number of thioether (sulfide) groups is 1. The summed E-state index contributed by atoms with van der Waals surface area (Å²) < 4.78 is 17.8. The second-order valence-electron chi connectivity index (χ2n) is 2.16. The first-order valence-electron chi connectivity index (χ1n) is 3.29. The van der Waals surface area contributed by atoms with Crippen LogP contribution in [0, 0.1) is 5.82 Å². The molecular weight excluding hydrogens is 179 g/mol. The Bertz CT molecular complexity index is 289. The maximum atomic E-state index is 13.0. The van der Waals surface area contributed by atoms with Crippen LogP contribution in [0.25, 0.3) is 0 Å². The molecule has 0 atom stereocenters. The number of methoxy groups -OCH3 is 1. The number of phenols is 1. The van der Waals surface area contributed by atoms with E-state index < -0.39 is 5.82 Å².